The second-order valence-electron chi connectivity index (χ2n) is 10.4. The Kier molecular flexibility index (Phi) is 20.5. The van der Waals surface area contributed by atoms with Crippen molar-refractivity contribution in [1.82, 2.24) is 0 Å². The van der Waals surface area contributed by atoms with Crippen LogP contribution in [-0.2, 0) is 0 Å². The van der Waals surface area contributed by atoms with Gasteiger partial charge in [0, 0.05) is 0 Å². The molecule has 0 aromatic heterocycles. The van der Waals surface area contributed by atoms with Crippen LogP contribution in [0.25, 0.3) is 0 Å². The van der Waals surface area contributed by atoms with Crippen molar-refractivity contribution >= 4 is 18.4 Å². The first-order chi connectivity index (χ1) is 16.3. The van der Waals surface area contributed by atoms with Crippen LogP contribution in [0.4, 0.5) is 0 Å². The van der Waals surface area contributed by atoms with Gasteiger partial charge in [-0.1, -0.05) is 0 Å². The van der Waals surface area contributed by atoms with Crippen molar-refractivity contribution in [1.29, 1.82) is 0 Å². The van der Waals surface area contributed by atoms with E-state index in [0.717, 1.165) is 0 Å². The van der Waals surface area contributed by atoms with E-state index >= 15 is 0 Å². The predicted octanol–water partition coefficient (Wildman–Crippen LogP) is 11.1. The predicted molar refractivity (Wildman–Crippen MR) is 154 cm³/mol. The van der Waals surface area contributed by atoms with Crippen LogP contribution in [0, 0.1) is 9.86 Å². The summed E-state index contributed by atoms with van der Waals surface area (Å²) in [5.74, 6) is 3.71. The zero-order valence-corrected chi connectivity index (χ0v) is 25.6. The molecule has 0 radical (unpaired) electrons. The topological polar surface area (TPSA) is 0 Å². The summed E-state index contributed by atoms with van der Waals surface area (Å²) in [7, 11) is 0. The molecule has 1 heteroatoms. The fraction of sp³-hybridized carbons (Fsp3) is 0.750. The number of rotatable bonds is 21. The molecule has 0 aliphatic carbocycles. The van der Waals surface area contributed by atoms with Crippen LogP contribution in [0.15, 0.2) is 30.3 Å². The molecule has 0 N–H and O–H groups in total. The molecule has 188 valence electrons. The van der Waals surface area contributed by atoms with Gasteiger partial charge in [-0.05, 0) is 0 Å². The molecule has 0 aliphatic rings. The van der Waals surface area contributed by atoms with E-state index in [1.807, 2.05) is 0 Å². The SMILES string of the molecule is CCCCCCC[CH2][Sn]([C]#Cc1ccccc1)([CH2]CCCCCCC)[CH2]CCCCCCC. The third-order valence-corrected chi connectivity index (χ3v) is 20.4. The van der Waals surface area contributed by atoms with Crippen LogP contribution >= 0.6 is 0 Å². The standard InChI is InChI=1S/C8H5.3C8H17.Sn/c1-2-8-6-4-3-5-7-8;3*1-3-5-7-8-6-4-2;/h3-7H;3*1,3-8H2,2H3;. The van der Waals surface area contributed by atoms with Crippen molar-refractivity contribution in [2.75, 3.05) is 0 Å². The van der Waals surface area contributed by atoms with E-state index in [9.17, 15) is 0 Å². The Morgan fingerprint density at radius 2 is 0.848 bits per heavy atom. The van der Waals surface area contributed by atoms with Crippen LogP contribution in [0.1, 0.15) is 142 Å². The quantitative estimate of drug-likeness (QED) is 0.0799. The molecular weight excluding hydrogens is 503 g/mol. The molecular formula is C32H56Sn. The van der Waals surface area contributed by atoms with Crippen LogP contribution in [-0.4, -0.2) is 18.4 Å². The van der Waals surface area contributed by atoms with E-state index in [0.29, 0.717) is 0 Å². The van der Waals surface area contributed by atoms with Crippen molar-refractivity contribution in [3.8, 4) is 9.86 Å². The first kappa shape index (κ1) is 30.6. The first-order valence-corrected chi connectivity index (χ1v) is 22.3. The minimum absolute atomic E-state index is 1.24. The Balaban J connectivity index is 2.79. The summed E-state index contributed by atoms with van der Waals surface area (Å²) in [6, 6.07) is 10.8. The molecule has 0 saturated heterocycles. The molecule has 1 aromatic rings. The van der Waals surface area contributed by atoms with E-state index in [2.05, 4.69) is 61.0 Å². The van der Waals surface area contributed by atoms with Crippen molar-refractivity contribution in [2.45, 2.75) is 150 Å². The Morgan fingerprint density at radius 1 is 0.485 bits per heavy atom. The van der Waals surface area contributed by atoms with Crippen LogP contribution in [0.2, 0.25) is 13.3 Å². The van der Waals surface area contributed by atoms with Gasteiger partial charge >= 0.3 is 214 Å². The second-order valence-corrected chi connectivity index (χ2v) is 22.8. The van der Waals surface area contributed by atoms with Gasteiger partial charge in [0.25, 0.3) is 0 Å². The maximum atomic E-state index is 4.12. The van der Waals surface area contributed by atoms with Gasteiger partial charge in [0.15, 0.2) is 0 Å². The number of benzene rings is 1. The monoisotopic (exact) mass is 560 g/mol. The van der Waals surface area contributed by atoms with Gasteiger partial charge in [0.1, 0.15) is 0 Å². The minimum atomic E-state index is -2.45. The summed E-state index contributed by atoms with van der Waals surface area (Å²) in [6.45, 7) is 6.96. The molecule has 0 saturated carbocycles. The van der Waals surface area contributed by atoms with Gasteiger partial charge in [-0.15, -0.1) is 0 Å². The third-order valence-electron chi connectivity index (χ3n) is 7.27. The van der Waals surface area contributed by atoms with Gasteiger partial charge in [-0.2, -0.15) is 0 Å². The second kappa shape index (κ2) is 22.1. The fourth-order valence-electron chi connectivity index (χ4n) is 5.02. The van der Waals surface area contributed by atoms with Crippen LogP contribution in [0.3, 0.4) is 0 Å². The summed E-state index contributed by atoms with van der Waals surface area (Å²) in [5.41, 5.74) is 1.24. The molecule has 0 heterocycles. The normalized spacial score (nSPS) is 11.4. The molecule has 0 nitrogen and oxygen atoms in total. The Labute approximate surface area is 213 Å². The van der Waals surface area contributed by atoms with E-state index in [-0.39, 0.29) is 0 Å². The molecule has 0 unspecified atom stereocenters. The van der Waals surface area contributed by atoms with E-state index in [1.165, 1.54) is 134 Å². The average Bonchev–Trinajstić information content (AvgIpc) is 2.85. The van der Waals surface area contributed by atoms with E-state index < -0.39 is 18.4 Å². The Bertz CT molecular complexity index is 553. The average molecular weight is 560 g/mol. The molecule has 0 atom stereocenters. The summed E-state index contributed by atoms with van der Waals surface area (Å²) >= 11 is -2.45. The molecule has 0 bridgehead atoms. The van der Waals surface area contributed by atoms with Gasteiger partial charge in [0.2, 0.25) is 0 Å². The molecule has 1 aromatic carbocycles. The summed E-state index contributed by atoms with van der Waals surface area (Å²) in [6.07, 6.45) is 25.6. The van der Waals surface area contributed by atoms with Gasteiger partial charge in [-0.25, -0.2) is 0 Å². The zero-order chi connectivity index (χ0) is 23.9. The van der Waals surface area contributed by atoms with Crippen molar-refractivity contribution in [3.63, 3.8) is 0 Å². The zero-order valence-electron chi connectivity index (χ0n) is 22.7. The van der Waals surface area contributed by atoms with Crippen LogP contribution in [0.5, 0.6) is 0 Å². The number of hydrogen-bond acceptors (Lipinski definition) is 0. The molecule has 0 spiro atoms. The maximum absolute atomic E-state index is 4.12. The van der Waals surface area contributed by atoms with Crippen molar-refractivity contribution < 1.29 is 0 Å². The van der Waals surface area contributed by atoms with Gasteiger partial charge in [0.05, 0.1) is 0 Å². The Hall–Kier alpha value is -0.421. The fourth-order valence-corrected chi connectivity index (χ4v) is 17.3. The first-order valence-electron chi connectivity index (χ1n) is 14.8. The Morgan fingerprint density at radius 3 is 1.24 bits per heavy atom. The summed E-state index contributed by atoms with van der Waals surface area (Å²) < 4.78 is 8.67. The molecule has 0 amide bonds. The van der Waals surface area contributed by atoms with Gasteiger partial charge in [-0.3, -0.25) is 0 Å². The van der Waals surface area contributed by atoms with Crippen LogP contribution < -0.4 is 0 Å². The number of hydrogen-bond donors (Lipinski definition) is 0. The molecule has 33 heavy (non-hydrogen) atoms. The van der Waals surface area contributed by atoms with Gasteiger partial charge < -0.3 is 0 Å². The molecule has 0 fully saturated rings. The summed E-state index contributed by atoms with van der Waals surface area (Å²) in [4.78, 5) is 0. The molecule has 0 aliphatic heterocycles. The third kappa shape index (κ3) is 16.8. The summed E-state index contributed by atoms with van der Waals surface area (Å²) in [5, 5.41) is 0. The van der Waals surface area contributed by atoms with Crippen molar-refractivity contribution in [2.24, 2.45) is 0 Å². The molecule has 1 rings (SSSR count). The van der Waals surface area contributed by atoms with E-state index in [1.54, 1.807) is 0 Å². The van der Waals surface area contributed by atoms with Crippen molar-refractivity contribution in [3.05, 3.63) is 35.9 Å². The number of unbranched alkanes of at least 4 members (excludes halogenated alkanes) is 15. The van der Waals surface area contributed by atoms with E-state index in [4.69, 9.17) is 0 Å².